The summed E-state index contributed by atoms with van der Waals surface area (Å²) in [7, 11) is 1.60. The molecule has 1 aliphatic rings. The summed E-state index contributed by atoms with van der Waals surface area (Å²) < 4.78 is 1.07. The topological polar surface area (TPSA) is 101 Å². The van der Waals surface area contributed by atoms with E-state index in [-0.39, 0.29) is 17.8 Å². The molecule has 2 heterocycles. The van der Waals surface area contributed by atoms with E-state index in [2.05, 4.69) is 44.3 Å². The summed E-state index contributed by atoms with van der Waals surface area (Å²) in [5, 5.41) is 15.0. The zero-order valence-corrected chi connectivity index (χ0v) is 21.4. The zero-order chi connectivity index (χ0) is 24.7. The number of aromatic nitrogens is 1. The van der Waals surface area contributed by atoms with Gasteiger partial charge in [-0.25, -0.2) is 0 Å². The molecule has 1 fully saturated rings. The average molecular weight is 577 g/mol. The van der Waals surface area contributed by atoms with Gasteiger partial charge in [-0.2, -0.15) is 0 Å². The van der Waals surface area contributed by atoms with Gasteiger partial charge in [0.05, 0.1) is 5.56 Å². The van der Waals surface area contributed by atoms with Gasteiger partial charge in [-0.15, -0.1) is 0 Å². The lowest BCUT2D eigenvalue weighted by Gasteiger charge is -2.23. The summed E-state index contributed by atoms with van der Waals surface area (Å²) in [6.45, 7) is 2.15. The van der Waals surface area contributed by atoms with Gasteiger partial charge in [-0.05, 0) is 76.0 Å². The predicted molar refractivity (Wildman–Crippen MR) is 145 cm³/mol. The molecule has 35 heavy (non-hydrogen) atoms. The number of hydrogen-bond acceptors (Lipinski definition) is 3. The van der Waals surface area contributed by atoms with E-state index in [1.807, 2.05) is 60.7 Å². The van der Waals surface area contributed by atoms with Gasteiger partial charge < -0.3 is 15.6 Å². The van der Waals surface area contributed by atoms with Crippen molar-refractivity contribution in [3.8, 4) is 11.1 Å². The van der Waals surface area contributed by atoms with Crippen molar-refractivity contribution in [3.63, 3.8) is 0 Å². The van der Waals surface area contributed by atoms with E-state index in [0.29, 0.717) is 12.1 Å². The monoisotopic (exact) mass is 577 g/mol. The number of nitrogens with one attached hydrogen (secondary N) is 4. The number of para-hydroxylation sites is 1. The van der Waals surface area contributed by atoms with Gasteiger partial charge in [0.1, 0.15) is 5.54 Å². The van der Waals surface area contributed by atoms with E-state index in [4.69, 9.17) is 5.41 Å². The number of nitrogens with zero attached hydrogens (tertiary/aromatic N) is 1. The maximum atomic E-state index is 13.0. The van der Waals surface area contributed by atoms with Crippen molar-refractivity contribution in [2.45, 2.75) is 19.0 Å². The lowest BCUT2D eigenvalue weighted by atomic mass is 9.88. The lowest BCUT2D eigenvalue weighted by molar-refractivity contribution is -0.129. The van der Waals surface area contributed by atoms with Gasteiger partial charge in [-0.3, -0.25) is 19.9 Å². The fourth-order valence-corrected chi connectivity index (χ4v) is 5.00. The van der Waals surface area contributed by atoms with Crippen molar-refractivity contribution >= 4 is 51.3 Å². The molecular weight excluding hydrogens is 553 g/mol. The van der Waals surface area contributed by atoms with E-state index in [9.17, 15) is 9.59 Å². The van der Waals surface area contributed by atoms with Gasteiger partial charge in [0.2, 0.25) is 0 Å². The molecule has 176 valence electrons. The average Bonchev–Trinajstić information content (AvgIpc) is 3.38. The molecule has 4 aromatic rings. The molecule has 1 aliphatic heterocycles. The van der Waals surface area contributed by atoms with Crippen LogP contribution in [0.15, 0.2) is 72.9 Å². The third-order valence-corrected chi connectivity index (χ3v) is 7.20. The normalized spacial score (nSPS) is 17.6. The molecule has 4 N–H and O–H groups in total. The Morgan fingerprint density at radius 1 is 1.11 bits per heavy atom. The fraction of sp³-hybridized carbons (Fsp3) is 0.148. The van der Waals surface area contributed by atoms with Gasteiger partial charge in [0.15, 0.2) is 5.96 Å². The molecular formula is C27H24IN5O2. The fourth-order valence-electron chi connectivity index (χ4n) is 4.51. The van der Waals surface area contributed by atoms with Crippen LogP contribution >= 0.6 is 22.6 Å². The molecule has 0 spiro atoms. The van der Waals surface area contributed by atoms with Gasteiger partial charge >= 0.3 is 0 Å². The summed E-state index contributed by atoms with van der Waals surface area (Å²) in [6.07, 6.45) is 1.74. The molecule has 2 amide bonds. The SMILES string of the molecule is CN1C(=N)NC(C)(c2cccc(-c3cc(I)ccc3CNC(=O)c3c[nH]c4ccccc34)c2)C1=O. The van der Waals surface area contributed by atoms with E-state index < -0.39 is 5.54 Å². The van der Waals surface area contributed by atoms with Crippen molar-refractivity contribution < 1.29 is 9.59 Å². The molecule has 8 heteroatoms. The summed E-state index contributed by atoms with van der Waals surface area (Å²) in [6, 6.07) is 21.6. The molecule has 7 nitrogen and oxygen atoms in total. The molecule has 1 saturated heterocycles. The number of benzene rings is 3. The maximum absolute atomic E-state index is 13.0. The minimum Gasteiger partial charge on any atom is -0.360 e. The van der Waals surface area contributed by atoms with E-state index in [1.54, 1.807) is 20.2 Å². The van der Waals surface area contributed by atoms with Crippen LogP contribution < -0.4 is 10.6 Å². The number of carbonyl (C=O) groups is 2. The standard InChI is InChI=1S/C27H24IN5O2/c1-27(25(35)33(2)26(29)32-27)18-7-5-6-16(12-18)21-13-19(28)11-10-17(21)14-31-24(34)22-15-30-23-9-4-3-8-20(22)23/h3-13,15,30H,14H2,1-2H3,(H2,29,32)(H,31,34). The van der Waals surface area contributed by atoms with Crippen LogP contribution in [-0.2, 0) is 16.9 Å². The molecule has 0 saturated carbocycles. The van der Waals surface area contributed by atoms with E-state index >= 15 is 0 Å². The summed E-state index contributed by atoms with van der Waals surface area (Å²) in [4.78, 5) is 30.3. The summed E-state index contributed by atoms with van der Waals surface area (Å²) in [5.41, 5.74) is 4.20. The predicted octanol–water partition coefficient (Wildman–Crippen LogP) is 4.58. The highest BCUT2D eigenvalue weighted by atomic mass is 127. The van der Waals surface area contributed by atoms with Crippen LogP contribution in [0.1, 0.15) is 28.4 Å². The first kappa shape index (κ1) is 23.1. The summed E-state index contributed by atoms with van der Waals surface area (Å²) >= 11 is 2.27. The second-order valence-electron chi connectivity index (χ2n) is 8.78. The highest BCUT2D eigenvalue weighted by molar-refractivity contribution is 14.1. The van der Waals surface area contributed by atoms with Crippen LogP contribution in [0.2, 0.25) is 0 Å². The van der Waals surface area contributed by atoms with Gasteiger partial charge in [-0.1, -0.05) is 42.5 Å². The lowest BCUT2D eigenvalue weighted by Crippen LogP contribution is -2.40. The van der Waals surface area contributed by atoms with Crippen LogP contribution in [0.5, 0.6) is 0 Å². The molecule has 0 bridgehead atoms. The number of halogens is 1. The van der Waals surface area contributed by atoms with Crippen LogP contribution in [-0.4, -0.2) is 34.7 Å². The van der Waals surface area contributed by atoms with Crippen molar-refractivity contribution in [2.75, 3.05) is 7.05 Å². The van der Waals surface area contributed by atoms with Gasteiger partial charge in [0.25, 0.3) is 11.8 Å². The first-order chi connectivity index (χ1) is 16.8. The van der Waals surface area contributed by atoms with Crippen molar-refractivity contribution in [3.05, 3.63) is 93.2 Å². The number of amides is 2. The molecule has 3 aromatic carbocycles. The first-order valence-corrected chi connectivity index (χ1v) is 12.2. The Labute approximate surface area is 216 Å². The van der Waals surface area contributed by atoms with Gasteiger partial charge in [0, 0.05) is 34.3 Å². The number of hydrogen-bond donors (Lipinski definition) is 4. The Morgan fingerprint density at radius 2 is 1.91 bits per heavy atom. The Balaban J connectivity index is 1.45. The smallest absolute Gasteiger partial charge is 0.259 e. The van der Waals surface area contributed by atoms with Crippen LogP contribution in [0.4, 0.5) is 0 Å². The zero-order valence-electron chi connectivity index (χ0n) is 19.3. The number of carbonyl (C=O) groups excluding carboxylic acids is 2. The number of H-pyrrole nitrogens is 1. The minimum atomic E-state index is -1.01. The van der Waals surface area contributed by atoms with Crippen molar-refractivity contribution in [2.24, 2.45) is 0 Å². The molecule has 1 aromatic heterocycles. The second-order valence-corrected chi connectivity index (χ2v) is 10.0. The maximum Gasteiger partial charge on any atom is 0.259 e. The van der Waals surface area contributed by atoms with Crippen molar-refractivity contribution in [1.82, 2.24) is 20.5 Å². The molecule has 0 radical (unpaired) electrons. The number of likely N-dealkylation sites (N-methyl/N-ethyl adjacent to an activating group) is 1. The highest BCUT2D eigenvalue weighted by Crippen LogP contribution is 2.33. The number of rotatable bonds is 5. The molecule has 1 atom stereocenters. The van der Waals surface area contributed by atoms with Crippen LogP contribution in [0, 0.1) is 8.98 Å². The van der Waals surface area contributed by atoms with Crippen molar-refractivity contribution in [1.29, 1.82) is 5.41 Å². The molecule has 5 rings (SSSR count). The third kappa shape index (κ3) is 4.07. The third-order valence-electron chi connectivity index (χ3n) is 6.53. The van der Waals surface area contributed by atoms with Crippen LogP contribution in [0.3, 0.4) is 0 Å². The number of fused-ring (bicyclic) bond motifs is 1. The van der Waals surface area contributed by atoms with Crippen LogP contribution in [0.25, 0.3) is 22.0 Å². The largest absolute Gasteiger partial charge is 0.360 e. The Hall–Kier alpha value is -3.66. The number of guanidine groups is 1. The highest BCUT2D eigenvalue weighted by Gasteiger charge is 2.45. The number of aromatic amines is 1. The summed E-state index contributed by atoms with van der Waals surface area (Å²) in [5.74, 6) is -0.234. The Morgan fingerprint density at radius 3 is 2.69 bits per heavy atom. The Bertz CT molecular complexity index is 1490. The minimum absolute atomic E-state index is 0.0813. The first-order valence-electron chi connectivity index (χ1n) is 11.2. The quantitative estimate of drug-likeness (QED) is 0.261. The van der Waals surface area contributed by atoms with E-state index in [0.717, 1.165) is 36.7 Å². The Kier molecular flexibility index (Phi) is 5.84. The van der Waals surface area contributed by atoms with E-state index in [1.165, 1.54) is 4.90 Å². The second kappa shape index (κ2) is 8.84. The molecule has 0 aliphatic carbocycles. The molecule has 1 unspecified atom stereocenters.